The highest BCUT2D eigenvalue weighted by Crippen LogP contribution is 2.47. The van der Waals surface area contributed by atoms with Gasteiger partial charge in [-0.25, -0.2) is 0 Å². The van der Waals surface area contributed by atoms with Gasteiger partial charge in [0.2, 0.25) is 0 Å². The first-order valence-corrected chi connectivity index (χ1v) is 10.5. The van der Waals surface area contributed by atoms with Crippen molar-refractivity contribution < 1.29 is 9.47 Å². The first-order chi connectivity index (χ1) is 13.2. The van der Waals surface area contributed by atoms with Crippen LogP contribution < -0.4 is 0 Å². The van der Waals surface area contributed by atoms with Crippen molar-refractivity contribution in [1.82, 2.24) is 4.98 Å². The Hall–Kier alpha value is -1.42. The molecule has 0 amide bonds. The third kappa shape index (κ3) is 4.37. The summed E-state index contributed by atoms with van der Waals surface area (Å²) in [5.41, 5.74) is 2.54. The molecule has 2 atom stereocenters. The Bertz CT molecular complexity index is 745. The lowest BCUT2D eigenvalue weighted by molar-refractivity contribution is -0.109. The summed E-state index contributed by atoms with van der Waals surface area (Å²) in [6, 6.07) is 14.5. The molecule has 0 N–H and O–H groups in total. The molecule has 1 aromatic heterocycles. The summed E-state index contributed by atoms with van der Waals surface area (Å²) in [6.07, 6.45) is 9.57. The van der Waals surface area contributed by atoms with E-state index in [9.17, 15) is 0 Å². The van der Waals surface area contributed by atoms with Crippen LogP contribution in [0.2, 0.25) is 5.02 Å². The van der Waals surface area contributed by atoms with Gasteiger partial charge in [0.1, 0.15) is 0 Å². The zero-order valence-electron chi connectivity index (χ0n) is 15.8. The van der Waals surface area contributed by atoms with Crippen LogP contribution in [0.4, 0.5) is 0 Å². The molecule has 2 aliphatic heterocycles. The van der Waals surface area contributed by atoms with Gasteiger partial charge in [-0.05, 0) is 61.9 Å². The van der Waals surface area contributed by atoms with Crippen molar-refractivity contribution in [2.75, 3.05) is 19.8 Å². The lowest BCUT2D eigenvalue weighted by Gasteiger charge is -2.45. The average molecular weight is 386 g/mol. The summed E-state index contributed by atoms with van der Waals surface area (Å²) >= 11 is 6.12. The van der Waals surface area contributed by atoms with Gasteiger partial charge in [-0.15, -0.1) is 0 Å². The molecule has 3 heterocycles. The zero-order chi connectivity index (χ0) is 18.6. The molecule has 4 heteroatoms. The molecular weight excluding hydrogens is 358 g/mol. The van der Waals surface area contributed by atoms with Crippen molar-refractivity contribution in [2.24, 2.45) is 0 Å². The van der Waals surface area contributed by atoms with Gasteiger partial charge in [0.15, 0.2) is 0 Å². The van der Waals surface area contributed by atoms with Crippen molar-refractivity contribution in [1.29, 1.82) is 0 Å². The number of aryl methyl sites for hydroxylation is 1. The van der Waals surface area contributed by atoms with Gasteiger partial charge >= 0.3 is 0 Å². The monoisotopic (exact) mass is 385 g/mol. The van der Waals surface area contributed by atoms with Crippen molar-refractivity contribution in [2.45, 2.75) is 56.0 Å². The zero-order valence-corrected chi connectivity index (χ0v) is 16.6. The van der Waals surface area contributed by atoms with Crippen LogP contribution in [0.5, 0.6) is 0 Å². The second-order valence-corrected chi connectivity index (χ2v) is 8.53. The Kier molecular flexibility index (Phi) is 5.82. The fourth-order valence-corrected chi connectivity index (χ4v) is 5.00. The number of nitrogens with zero attached hydrogens (tertiary/aromatic N) is 1. The topological polar surface area (TPSA) is 31.4 Å². The molecule has 144 valence electrons. The quantitative estimate of drug-likeness (QED) is 0.627. The SMILES string of the molecule is Clc1cccc(CCCCC2(c3ccccn3)CCOC3(CCOC3)C2)c1. The molecule has 0 bridgehead atoms. The van der Waals surface area contributed by atoms with E-state index in [1.807, 2.05) is 24.4 Å². The smallest absolute Gasteiger partial charge is 0.0945 e. The van der Waals surface area contributed by atoms with Gasteiger partial charge in [0.25, 0.3) is 0 Å². The lowest BCUT2D eigenvalue weighted by atomic mass is 9.67. The van der Waals surface area contributed by atoms with Gasteiger partial charge in [-0.1, -0.05) is 36.2 Å². The molecule has 27 heavy (non-hydrogen) atoms. The first kappa shape index (κ1) is 18.9. The molecule has 2 aliphatic rings. The van der Waals surface area contributed by atoms with E-state index in [-0.39, 0.29) is 11.0 Å². The average Bonchev–Trinajstić information content (AvgIpc) is 3.13. The van der Waals surface area contributed by atoms with Gasteiger partial charge in [-0.2, -0.15) is 0 Å². The maximum Gasteiger partial charge on any atom is 0.0945 e. The van der Waals surface area contributed by atoms with Crippen LogP contribution in [-0.2, 0) is 21.3 Å². The Morgan fingerprint density at radius 3 is 2.78 bits per heavy atom. The first-order valence-electron chi connectivity index (χ1n) is 10.1. The molecule has 2 aromatic rings. The van der Waals surface area contributed by atoms with E-state index in [0.717, 1.165) is 56.9 Å². The fraction of sp³-hybridized carbons (Fsp3) is 0.522. The molecule has 1 aromatic carbocycles. The van der Waals surface area contributed by atoms with Crippen LogP contribution in [0.25, 0.3) is 0 Å². The molecule has 2 fully saturated rings. The number of pyridine rings is 1. The van der Waals surface area contributed by atoms with Gasteiger partial charge in [-0.3, -0.25) is 4.98 Å². The minimum Gasteiger partial charge on any atom is -0.378 e. The van der Waals surface area contributed by atoms with Crippen LogP contribution in [-0.4, -0.2) is 30.4 Å². The maximum absolute atomic E-state index is 6.22. The van der Waals surface area contributed by atoms with E-state index in [1.165, 1.54) is 24.1 Å². The molecule has 3 nitrogen and oxygen atoms in total. The molecule has 2 unspecified atom stereocenters. The Balaban J connectivity index is 1.45. The Labute approximate surface area is 167 Å². The summed E-state index contributed by atoms with van der Waals surface area (Å²) in [4.78, 5) is 4.76. The predicted octanol–water partition coefficient (Wildman–Crippen LogP) is 5.36. The van der Waals surface area contributed by atoms with Crippen molar-refractivity contribution in [3.8, 4) is 0 Å². The molecule has 0 radical (unpaired) electrons. The number of hydrogen-bond donors (Lipinski definition) is 0. The highest BCUT2D eigenvalue weighted by atomic mass is 35.5. The maximum atomic E-state index is 6.22. The van der Waals surface area contributed by atoms with E-state index in [4.69, 9.17) is 26.1 Å². The van der Waals surface area contributed by atoms with E-state index in [2.05, 4.69) is 24.3 Å². The third-order valence-corrected chi connectivity index (χ3v) is 6.42. The largest absolute Gasteiger partial charge is 0.378 e. The van der Waals surface area contributed by atoms with Crippen LogP contribution in [0, 0.1) is 0 Å². The second-order valence-electron chi connectivity index (χ2n) is 8.09. The van der Waals surface area contributed by atoms with Crippen LogP contribution >= 0.6 is 11.6 Å². The van der Waals surface area contributed by atoms with Crippen LogP contribution in [0.15, 0.2) is 48.7 Å². The van der Waals surface area contributed by atoms with Crippen molar-refractivity contribution in [3.63, 3.8) is 0 Å². The number of rotatable bonds is 6. The number of aromatic nitrogens is 1. The molecule has 0 saturated carbocycles. The summed E-state index contributed by atoms with van der Waals surface area (Å²) < 4.78 is 11.9. The number of ether oxygens (including phenoxy) is 2. The minimum atomic E-state index is -0.108. The van der Waals surface area contributed by atoms with Crippen LogP contribution in [0.1, 0.15) is 49.8 Å². The second kappa shape index (κ2) is 8.30. The summed E-state index contributed by atoms with van der Waals surface area (Å²) in [5.74, 6) is 0. The van der Waals surface area contributed by atoms with Gasteiger partial charge in [0.05, 0.1) is 12.2 Å². The van der Waals surface area contributed by atoms with Crippen molar-refractivity contribution in [3.05, 3.63) is 64.9 Å². The lowest BCUT2D eigenvalue weighted by Crippen LogP contribution is -2.48. The molecule has 2 saturated heterocycles. The number of benzene rings is 1. The molecular formula is C23H28ClNO2. The fourth-order valence-electron chi connectivity index (χ4n) is 4.78. The standard InChI is InChI=1S/C23H28ClNO2/c24-20-8-5-7-19(16-20)6-1-3-10-22(21-9-2-4-13-25-21)11-15-27-23(17-22)12-14-26-18-23/h2,4-5,7-9,13,16H,1,3,6,10-12,14-15,17-18H2. The number of unbranched alkanes of at least 4 members (excludes halogenated alkanes) is 1. The van der Waals surface area contributed by atoms with Crippen LogP contribution in [0.3, 0.4) is 0 Å². The summed E-state index contributed by atoms with van der Waals surface area (Å²) in [7, 11) is 0. The normalized spacial score (nSPS) is 27.9. The highest BCUT2D eigenvalue weighted by Gasteiger charge is 2.49. The summed E-state index contributed by atoms with van der Waals surface area (Å²) in [5, 5.41) is 0.824. The minimum absolute atomic E-state index is 0.0988. The highest BCUT2D eigenvalue weighted by molar-refractivity contribution is 6.30. The molecule has 4 rings (SSSR count). The van der Waals surface area contributed by atoms with Crippen molar-refractivity contribution >= 4 is 11.6 Å². The van der Waals surface area contributed by atoms with E-state index in [0.29, 0.717) is 0 Å². The number of halogens is 1. The van der Waals surface area contributed by atoms with E-state index < -0.39 is 0 Å². The van der Waals surface area contributed by atoms with E-state index >= 15 is 0 Å². The predicted molar refractivity (Wildman–Crippen MR) is 108 cm³/mol. The van der Waals surface area contributed by atoms with Gasteiger partial charge < -0.3 is 9.47 Å². The van der Waals surface area contributed by atoms with E-state index in [1.54, 1.807) is 0 Å². The molecule has 0 aliphatic carbocycles. The summed E-state index contributed by atoms with van der Waals surface area (Å²) in [6.45, 7) is 2.34. The Morgan fingerprint density at radius 1 is 1.04 bits per heavy atom. The number of hydrogen-bond acceptors (Lipinski definition) is 3. The van der Waals surface area contributed by atoms with Gasteiger partial charge in [0, 0.05) is 42.0 Å². The Morgan fingerprint density at radius 2 is 2.00 bits per heavy atom. The molecule has 1 spiro atoms. The third-order valence-electron chi connectivity index (χ3n) is 6.18.